The quantitative estimate of drug-likeness (QED) is 0.839. The van der Waals surface area contributed by atoms with Crippen LogP contribution in [0.1, 0.15) is 36.5 Å². The van der Waals surface area contributed by atoms with Gasteiger partial charge in [-0.05, 0) is 24.6 Å². The van der Waals surface area contributed by atoms with Gasteiger partial charge in [-0.25, -0.2) is 4.79 Å². The lowest BCUT2D eigenvalue weighted by molar-refractivity contribution is 0.0953. The minimum atomic E-state index is -0.421. The number of benzene rings is 1. The number of aryl methyl sites for hydroxylation is 1. The van der Waals surface area contributed by atoms with Crippen molar-refractivity contribution in [1.82, 2.24) is 9.88 Å². The van der Waals surface area contributed by atoms with E-state index in [1.54, 1.807) is 25.2 Å². The predicted molar refractivity (Wildman–Crippen MR) is 73.3 cm³/mol. The highest BCUT2D eigenvalue weighted by Gasteiger charge is 2.10. The molecule has 0 atom stereocenters. The maximum atomic E-state index is 11.9. The number of aromatic nitrogens is 1. The highest BCUT2D eigenvalue weighted by atomic mass is 16.4. The molecule has 0 saturated carbocycles. The second-order valence-corrected chi connectivity index (χ2v) is 4.57. The summed E-state index contributed by atoms with van der Waals surface area (Å²) in [6.07, 6.45) is 3.20. The van der Waals surface area contributed by atoms with Crippen molar-refractivity contribution in [1.29, 1.82) is 0 Å². The van der Waals surface area contributed by atoms with E-state index in [-0.39, 0.29) is 5.91 Å². The molecule has 5 heteroatoms. The van der Waals surface area contributed by atoms with Crippen LogP contribution in [0.15, 0.2) is 27.4 Å². The maximum Gasteiger partial charge on any atom is 0.419 e. The van der Waals surface area contributed by atoms with Crippen molar-refractivity contribution in [2.75, 3.05) is 6.54 Å². The zero-order chi connectivity index (χ0) is 13.8. The van der Waals surface area contributed by atoms with Gasteiger partial charge in [-0.3, -0.25) is 9.36 Å². The van der Waals surface area contributed by atoms with Crippen LogP contribution < -0.4 is 11.1 Å². The molecule has 1 N–H and O–H groups in total. The zero-order valence-corrected chi connectivity index (χ0v) is 11.2. The number of hydrogen-bond donors (Lipinski definition) is 1. The smallest absolute Gasteiger partial charge is 0.408 e. The number of rotatable bonds is 5. The zero-order valence-electron chi connectivity index (χ0n) is 11.2. The Morgan fingerprint density at radius 2 is 2.16 bits per heavy atom. The summed E-state index contributed by atoms with van der Waals surface area (Å²) in [5.41, 5.74) is 1.64. The van der Waals surface area contributed by atoms with Crippen LogP contribution in [0.4, 0.5) is 0 Å². The van der Waals surface area contributed by atoms with Crippen LogP contribution in [0.25, 0.3) is 11.1 Å². The standard InChI is InChI=1S/C14H18N2O3/c1-3-4-5-8-15-13(17)10-6-7-11-12(9-10)19-14(18)16(11)2/h6-7,9H,3-5,8H2,1-2H3,(H,15,17). The molecule has 1 heterocycles. The van der Waals surface area contributed by atoms with Crippen molar-refractivity contribution in [2.24, 2.45) is 7.05 Å². The summed E-state index contributed by atoms with van der Waals surface area (Å²) in [6, 6.07) is 5.03. The monoisotopic (exact) mass is 262 g/mol. The lowest BCUT2D eigenvalue weighted by Crippen LogP contribution is -2.24. The molecule has 0 unspecified atom stereocenters. The SMILES string of the molecule is CCCCCNC(=O)c1ccc2c(c1)oc(=O)n2C. The third-order valence-electron chi connectivity index (χ3n) is 3.12. The Balaban J connectivity index is 2.12. The average molecular weight is 262 g/mol. The number of carbonyl (C=O) groups is 1. The van der Waals surface area contributed by atoms with E-state index in [4.69, 9.17) is 4.42 Å². The van der Waals surface area contributed by atoms with E-state index in [0.717, 1.165) is 19.3 Å². The molecule has 19 heavy (non-hydrogen) atoms. The van der Waals surface area contributed by atoms with Gasteiger partial charge in [0.05, 0.1) is 5.52 Å². The minimum absolute atomic E-state index is 0.135. The number of hydrogen-bond acceptors (Lipinski definition) is 3. The summed E-state index contributed by atoms with van der Waals surface area (Å²) < 4.78 is 6.47. The van der Waals surface area contributed by atoms with Crippen LogP contribution >= 0.6 is 0 Å². The van der Waals surface area contributed by atoms with Crippen LogP contribution in [-0.4, -0.2) is 17.0 Å². The number of nitrogens with one attached hydrogen (secondary N) is 1. The lowest BCUT2D eigenvalue weighted by Gasteiger charge is -2.04. The largest absolute Gasteiger partial charge is 0.419 e. The molecule has 0 aliphatic rings. The average Bonchev–Trinajstić information content (AvgIpc) is 2.69. The molecule has 1 amide bonds. The normalized spacial score (nSPS) is 10.8. The van der Waals surface area contributed by atoms with E-state index in [2.05, 4.69) is 12.2 Å². The van der Waals surface area contributed by atoms with Gasteiger partial charge in [0.2, 0.25) is 0 Å². The Labute approximate surface area is 111 Å². The molecular weight excluding hydrogens is 244 g/mol. The minimum Gasteiger partial charge on any atom is -0.408 e. The summed E-state index contributed by atoms with van der Waals surface area (Å²) in [7, 11) is 1.64. The molecule has 102 valence electrons. The van der Waals surface area contributed by atoms with Crippen molar-refractivity contribution >= 4 is 17.0 Å². The van der Waals surface area contributed by atoms with Crippen molar-refractivity contribution in [3.63, 3.8) is 0 Å². The fourth-order valence-corrected chi connectivity index (χ4v) is 1.95. The molecule has 0 bridgehead atoms. The molecule has 0 fully saturated rings. The molecule has 1 aromatic heterocycles. The molecule has 0 aliphatic heterocycles. The highest BCUT2D eigenvalue weighted by Crippen LogP contribution is 2.14. The lowest BCUT2D eigenvalue weighted by atomic mass is 10.2. The first kappa shape index (κ1) is 13.4. The molecule has 0 aliphatic carbocycles. The van der Waals surface area contributed by atoms with E-state index in [0.29, 0.717) is 23.2 Å². The Bertz CT molecular complexity index is 640. The van der Waals surface area contributed by atoms with Crippen LogP contribution in [0.2, 0.25) is 0 Å². The van der Waals surface area contributed by atoms with Gasteiger partial charge in [0.15, 0.2) is 5.58 Å². The van der Waals surface area contributed by atoms with E-state index < -0.39 is 5.76 Å². The molecule has 0 saturated heterocycles. The Kier molecular flexibility index (Phi) is 4.04. The number of amides is 1. The van der Waals surface area contributed by atoms with Gasteiger partial charge in [0.25, 0.3) is 5.91 Å². The number of carbonyl (C=O) groups excluding carboxylic acids is 1. The fraction of sp³-hybridized carbons (Fsp3) is 0.429. The third kappa shape index (κ3) is 2.86. The van der Waals surface area contributed by atoms with E-state index in [9.17, 15) is 9.59 Å². The molecule has 0 radical (unpaired) electrons. The molecule has 0 spiro atoms. The van der Waals surface area contributed by atoms with Gasteiger partial charge < -0.3 is 9.73 Å². The van der Waals surface area contributed by atoms with Crippen LogP contribution in [-0.2, 0) is 7.05 Å². The Morgan fingerprint density at radius 3 is 2.89 bits per heavy atom. The third-order valence-corrected chi connectivity index (χ3v) is 3.12. The second-order valence-electron chi connectivity index (χ2n) is 4.57. The van der Waals surface area contributed by atoms with Gasteiger partial charge in [-0.15, -0.1) is 0 Å². The van der Waals surface area contributed by atoms with Crippen molar-refractivity contribution in [2.45, 2.75) is 26.2 Å². The number of oxazole rings is 1. The molecular formula is C14H18N2O3. The predicted octanol–water partition coefficient (Wildman–Crippen LogP) is 2.05. The van der Waals surface area contributed by atoms with Gasteiger partial charge in [-0.1, -0.05) is 19.8 Å². The first-order valence-electron chi connectivity index (χ1n) is 6.51. The van der Waals surface area contributed by atoms with Crippen LogP contribution in [0.5, 0.6) is 0 Å². The Morgan fingerprint density at radius 1 is 1.37 bits per heavy atom. The number of fused-ring (bicyclic) bond motifs is 1. The first-order chi connectivity index (χ1) is 9.13. The number of nitrogens with zero attached hydrogens (tertiary/aromatic N) is 1. The highest BCUT2D eigenvalue weighted by molar-refractivity contribution is 5.97. The van der Waals surface area contributed by atoms with E-state index in [1.165, 1.54) is 4.57 Å². The van der Waals surface area contributed by atoms with Crippen LogP contribution in [0, 0.1) is 0 Å². The van der Waals surface area contributed by atoms with Crippen molar-refractivity contribution in [3.8, 4) is 0 Å². The van der Waals surface area contributed by atoms with Gasteiger partial charge in [0, 0.05) is 19.2 Å². The van der Waals surface area contributed by atoms with Gasteiger partial charge in [0.1, 0.15) is 0 Å². The second kappa shape index (κ2) is 5.73. The maximum absolute atomic E-state index is 11.9. The molecule has 1 aromatic carbocycles. The topological polar surface area (TPSA) is 64.2 Å². The van der Waals surface area contributed by atoms with Gasteiger partial charge >= 0.3 is 5.76 Å². The van der Waals surface area contributed by atoms with Gasteiger partial charge in [-0.2, -0.15) is 0 Å². The summed E-state index contributed by atoms with van der Waals surface area (Å²) >= 11 is 0. The summed E-state index contributed by atoms with van der Waals surface area (Å²) in [5, 5.41) is 2.85. The summed E-state index contributed by atoms with van der Waals surface area (Å²) in [5.74, 6) is -0.556. The molecule has 2 aromatic rings. The summed E-state index contributed by atoms with van der Waals surface area (Å²) in [4.78, 5) is 23.3. The van der Waals surface area contributed by atoms with Crippen molar-refractivity contribution in [3.05, 3.63) is 34.3 Å². The van der Waals surface area contributed by atoms with E-state index in [1.807, 2.05) is 0 Å². The molecule has 2 rings (SSSR count). The van der Waals surface area contributed by atoms with Crippen LogP contribution in [0.3, 0.4) is 0 Å². The van der Waals surface area contributed by atoms with E-state index >= 15 is 0 Å². The number of unbranched alkanes of at least 4 members (excludes halogenated alkanes) is 2. The fourth-order valence-electron chi connectivity index (χ4n) is 1.95. The Hall–Kier alpha value is -2.04. The van der Waals surface area contributed by atoms with Crippen molar-refractivity contribution < 1.29 is 9.21 Å². The molecule has 5 nitrogen and oxygen atoms in total. The summed E-state index contributed by atoms with van der Waals surface area (Å²) in [6.45, 7) is 2.79. The first-order valence-corrected chi connectivity index (χ1v) is 6.51.